The highest BCUT2D eigenvalue weighted by Crippen LogP contribution is 2.26. The van der Waals surface area contributed by atoms with E-state index >= 15 is 0 Å². The SMILES string of the molecule is COc1ccc(N(C)S(=O)(=O)c2ccccc2CCl)cc1. The second kappa shape index (κ2) is 6.37. The van der Waals surface area contributed by atoms with Crippen molar-refractivity contribution in [3.8, 4) is 5.75 Å². The van der Waals surface area contributed by atoms with E-state index in [1.807, 2.05) is 0 Å². The highest BCUT2D eigenvalue weighted by atomic mass is 35.5. The Morgan fingerprint density at radius 3 is 2.29 bits per heavy atom. The Morgan fingerprint density at radius 1 is 1.10 bits per heavy atom. The van der Waals surface area contributed by atoms with Crippen LogP contribution in [0.2, 0.25) is 0 Å². The molecule has 0 amide bonds. The zero-order valence-electron chi connectivity index (χ0n) is 11.8. The molecule has 0 aliphatic rings. The first-order valence-corrected chi connectivity index (χ1v) is 8.25. The molecule has 0 aromatic heterocycles. The van der Waals surface area contributed by atoms with Crippen LogP contribution >= 0.6 is 11.6 Å². The van der Waals surface area contributed by atoms with Crippen LogP contribution in [0.1, 0.15) is 5.56 Å². The summed E-state index contributed by atoms with van der Waals surface area (Å²) in [6.07, 6.45) is 0. The molecule has 2 rings (SSSR count). The number of methoxy groups -OCH3 is 1. The van der Waals surface area contributed by atoms with E-state index < -0.39 is 10.0 Å². The van der Waals surface area contributed by atoms with Crippen molar-refractivity contribution in [1.29, 1.82) is 0 Å². The molecule has 0 atom stereocenters. The first kappa shape index (κ1) is 15.7. The molecule has 4 nitrogen and oxygen atoms in total. The Hall–Kier alpha value is -1.72. The Kier molecular flexibility index (Phi) is 4.75. The fourth-order valence-corrected chi connectivity index (χ4v) is 3.67. The fraction of sp³-hybridized carbons (Fsp3) is 0.200. The average molecular weight is 326 g/mol. The molecule has 0 radical (unpaired) electrons. The molecule has 0 spiro atoms. The Labute approximate surface area is 130 Å². The maximum atomic E-state index is 12.7. The molecule has 0 unspecified atom stereocenters. The first-order chi connectivity index (χ1) is 10.0. The van der Waals surface area contributed by atoms with Crippen LogP contribution in [0.5, 0.6) is 5.75 Å². The molecule has 0 saturated heterocycles. The van der Waals surface area contributed by atoms with Crippen LogP contribution in [0.25, 0.3) is 0 Å². The summed E-state index contributed by atoms with van der Waals surface area (Å²) in [5.41, 5.74) is 1.14. The van der Waals surface area contributed by atoms with Crippen LogP contribution in [-0.2, 0) is 15.9 Å². The number of anilines is 1. The van der Waals surface area contributed by atoms with Gasteiger partial charge in [-0.2, -0.15) is 0 Å². The van der Waals surface area contributed by atoms with E-state index in [4.69, 9.17) is 16.3 Å². The van der Waals surface area contributed by atoms with Crippen molar-refractivity contribution < 1.29 is 13.2 Å². The van der Waals surface area contributed by atoms with Crippen LogP contribution in [0.15, 0.2) is 53.4 Å². The standard InChI is InChI=1S/C15H16ClNO3S/c1-17(13-7-9-14(20-2)10-8-13)21(18,19)15-6-4-3-5-12(15)11-16/h3-10H,11H2,1-2H3. The van der Waals surface area contributed by atoms with Crippen molar-refractivity contribution in [2.45, 2.75) is 10.8 Å². The van der Waals surface area contributed by atoms with Gasteiger partial charge in [0.1, 0.15) is 5.75 Å². The Balaban J connectivity index is 2.42. The largest absolute Gasteiger partial charge is 0.497 e. The molecule has 0 heterocycles. The molecule has 0 saturated carbocycles. The lowest BCUT2D eigenvalue weighted by atomic mass is 10.2. The van der Waals surface area contributed by atoms with Gasteiger partial charge < -0.3 is 4.74 Å². The van der Waals surface area contributed by atoms with E-state index in [0.717, 1.165) is 0 Å². The third kappa shape index (κ3) is 3.14. The molecule has 0 fully saturated rings. The molecule has 0 aliphatic heterocycles. The normalized spacial score (nSPS) is 11.2. The van der Waals surface area contributed by atoms with Gasteiger partial charge >= 0.3 is 0 Å². The molecule has 0 N–H and O–H groups in total. The zero-order chi connectivity index (χ0) is 15.5. The van der Waals surface area contributed by atoms with Crippen molar-refractivity contribution in [1.82, 2.24) is 0 Å². The highest BCUT2D eigenvalue weighted by Gasteiger charge is 2.23. The van der Waals surface area contributed by atoms with Gasteiger partial charge in [-0.3, -0.25) is 4.31 Å². The van der Waals surface area contributed by atoms with Crippen molar-refractivity contribution in [3.63, 3.8) is 0 Å². The fourth-order valence-electron chi connectivity index (χ4n) is 1.94. The quantitative estimate of drug-likeness (QED) is 0.793. The summed E-state index contributed by atoms with van der Waals surface area (Å²) in [5.74, 6) is 0.817. The van der Waals surface area contributed by atoms with Gasteiger partial charge in [-0.25, -0.2) is 8.42 Å². The van der Waals surface area contributed by atoms with Crippen molar-refractivity contribution in [2.75, 3.05) is 18.5 Å². The molecular formula is C15H16ClNO3S. The van der Waals surface area contributed by atoms with Gasteiger partial charge in [0.2, 0.25) is 0 Å². The molecule has 2 aromatic rings. The zero-order valence-corrected chi connectivity index (χ0v) is 13.4. The number of sulfonamides is 1. The molecule has 112 valence electrons. The van der Waals surface area contributed by atoms with E-state index in [0.29, 0.717) is 17.0 Å². The summed E-state index contributed by atoms with van der Waals surface area (Å²) in [4.78, 5) is 0.221. The van der Waals surface area contributed by atoms with Crippen LogP contribution in [0.4, 0.5) is 5.69 Å². The number of hydrogen-bond donors (Lipinski definition) is 0. The van der Waals surface area contributed by atoms with Gasteiger partial charge in [0.25, 0.3) is 10.0 Å². The van der Waals surface area contributed by atoms with E-state index in [1.165, 1.54) is 11.4 Å². The topological polar surface area (TPSA) is 46.6 Å². The minimum absolute atomic E-state index is 0.145. The summed E-state index contributed by atoms with van der Waals surface area (Å²) in [6, 6.07) is 13.5. The monoisotopic (exact) mass is 325 g/mol. The van der Waals surface area contributed by atoms with E-state index in [9.17, 15) is 8.42 Å². The van der Waals surface area contributed by atoms with Crippen molar-refractivity contribution >= 4 is 27.3 Å². The van der Waals surface area contributed by atoms with Gasteiger partial charge in [-0.15, -0.1) is 11.6 Å². The first-order valence-electron chi connectivity index (χ1n) is 6.27. The van der Waals surface area contributed by atoms with Gasteiger partial charge in [0.15, 0.2) is 0 Å². The maximum Gasteiger partial charge on any atom is 0.264 e. The molecule has 6 heteroatoms. The molecule has 0 bridgehead atoms. The lowest BCUT2D eigenvalue weighted by Crippen LogP contribution is -2.27. The third-order valence-corrected chi connectivity index (χ3v) is 5.36. The van der Waals surface area contributed by atoms with E-state index in [1.54, 1.807) is 55.6 Å². The molecular weight excluding hydrogens is 310 g/mol. The highest BCUT2D eigenvalue weighted by molar-refractivity contribution is 7.92. The van der Waals surface area contributed by atoms with Gasteiger partial charge in [0.05, 0.1) is 17.7 Å². The molecule has 0 aliphatic carbocycles. The maximum absolute atomic E-state index is 12.7. The smallest absolute Gasteiger partial charge is 0.264 e. The summed E-state index contributed by atoms with van der Waals surface area (Å²) in [7, 11) is -0.569. The molecule has 2 aromatic carbocycles. The second-order valence-corrected chi connectivity index (χ2v) is 6.62. The van der Waals surface area contributed by atoms with Crippen LogP contribution in [0, 0.1) is 0 Å². The minimum atomic E-state index is -3.65. The number of nitrogens with zero attached hydrogens (tertiary/aromatic N) is 1. The van der Waals surface area contributed by atoms with Crippen molar-refractivity contribution in [2.24, 2.45) is 0 Å². The predicted molar refractivity (Wildman–Crippen MR) is 84.6 cm³/mol. The summed E-state index contributed by atoms with van der Waals surface area (Å²) in [5, 5.41) is 0. The van der Waals surface area contributed by atoms with Gasteiger partial charge in [-0.1, -0.05) is 18.2 Å². The van der Waals surface area contributed by atoms with E-state index in [-0.39, 0.29) is 10.8 Å². The van der Waals surface area contributed by atoms with E-state index in [2.05, 4.69) is 0 Å². The summed E-state index contributed by atoms with van der Waals surface area (Å²) < 4.78 is 31.7. The lowest BCUT2D eigenvalue weighted by molar-refractivity contribution is 0.415. The van der Waals surface area contributed by atoms with Crippen LogP contribution in [-0.4, -0.2) is 22.6 Å². The number of hydrogen-bond acceptors (Lipinski definition) is 3. The number of benzene rings is 2. The summed E-state index contributed by atoms with van der Waals surface area (Å²) >= 11 is 5.83. The number of ether oxygens (including phenoxy) is 1. The Bertz CT molecular complexity index is 714. The minimum Gasteiger partial charge on any atom is -0.497 e. The Morgan fingerprint density at radius 2 is 1.71 bits per heavy atom. The number of halogens is 1. The third-order valence-electron chi connectivity index (χ3n) is 3.19. The van der Waals surface area contributed by atoms with Gasteiger partial charge in [-0.05, 0) is 35.9 Å². The average Bonchev–Trinajstić information content (AvgIpc) is 2.54. The van der Waals surface area contributed by atoms with Crippen LogP contribution < -0.4 is 9.04 Å². The van der Waals surface area contributed by atoms with Crippen LogP contribution in [0.3, 0.4) is 0 Å². The number of alkyl halides is 1. The van der Waals surface area contributed by atoms with Gasteiger partial charge in [0, 0.05) is 12.9 Å². The summed E-state index contributed by atoms with van der Waals surface area (Å²) in [6.45, 7) is 0. The molecule has 21 heavy (non-hydrogen) atoms. The lowest BCUT2D eigenvalue weighted by Gasteiger charge is -2.21. The second-order valence-electron chi connectivity index (χ2n) is 4.41. The predicted octanol–water partition coefficient (Wildman–Crippen LogP) is 3.26. The number of rotatable bonds is 5. The van der Waals surface area contributed by atoms with Crippen molar-refractivity contribution in [3.05, 3.63) is 54.1 Å².